The summed E-state index contributed by atoms with van der Waals surface area (Å²) in [7, 11) is 0. The Balaban J connectivity index is 1.85. The van der Waals surface area contributed by atoms with E-state index in [1.807, 2.05) is 6.07 Å². The van der Waals surface area contributed by atoms with E-state index < -0.39 is 4.92 Å². The molecule has 1 aliphatic rings. The third-order valence-electron chi connectivity index (χ3n) is 3.87. The fraction of sp³-hybridized carbons (Fsp3) is 0.200. The lowest BCUT2D eigenvalue weighted by Gasteiger charge is -2.00. The van der Waals surface area contributed by atoms with Gasteiger partial charge in [0.05, 0.1) is 10.3 Å². The standard InChI is InChI=1S/C15H11N3O3S/c19-15-11-8-12(9-3-5-10(6-4-9)18(20)21)22-14(11)16-13-2-1-7-17(13)15/h3-6,8H,1-2,7H2. The Labute approximate surface area is 128 Å². The van der Waals surface area contributed by atoms with Gasteiger partial charge < -0.3 is 0 Å². The smallest absolute Gasteiger partial charge is 0.269 e. The summed E-state index contributed by atoms with van der Waals surface area (Å²) in [6.07, 6.45) is 1.81. The van der Waals surface area contributed by atoms with Gasteiger partial charge in [0, 0.05) is 30.0 Å². The fourth-order valence-corrected chi connectivity index (χ4v) is 3.81. The maximum atomic E-state index is 12.4. The van der Waals surface area contributed by atoms with Crippen molar-refractivity contribution in [2.45, 2.75) is 19.4 Å². The van der Waals surface area contributed by atoms with Crippen LogP contribution in [0.15, 0.2) is 35.1 Å². The van der Waals surface area contributed by atoms with Gasteiger partial charge in [0.15, 0.2) is 0 Å². The zero-order valence-corrected chi connectivity index (χ0v) is 12.3. The Kier molecular flexibility index (Phi) is 2.83. The number of rotatable bonds is 2. The van der Waals surface area contributed by atoms with Crippen molar-refractivity contribution in [1.82, 2.24) is 9.55 Å². The van der Waals surface area contributed by atoms with E-state index in [1.54, 1.807) is 16.7 Å². The molecule has 1 aromatic carbocycles. The van der Waals surface area contributed by atoms with Crippen LogP contribution in [0, 0.1) is 10.1 Å². The van der Waals surface area contributed by atoms with Gasteiger partial charge in [-0.3, -0.25) is 19.5 Å². The quantitative estimate of drug-likeness (QED) is 0.538. The molecule has 0 saturated carbocycles. The number of hydrogen-bond donors (Lipinski definition) is 0. The minimum absolute atomic E-state index is 0.0157. The Morgan fingerprint density at radius 1 is 1.27 bits per heavy atom. The monoisotopic (exact) mass is 313 g/mol. The first-order valence-corrected chi connectivity index (χ1v) is 7.73. The number of fused-ring (bicyclic) bond motifs is 2. The number of thiophene rings is 1. The Morgan fingerprint density at radius 2 is 2.05 bits per heavy atom. The average molecular weight is 313 g/mol. The molecule has 0 amide bonds. The highest BCUT2D eigenvalue weighted by molar-refractivity contribution is 7.21. The van der Waals surface area contributed by atoms with Crippen LogP contribution in [0.2, 0.25) is 0 Å². The highest BCUT2D eigenvalue weighted by Gasteiger charge is 2.18. The molecule has 0 N–H and O–H groups in total. The van der Waals surface area contributed by atoms with Gasteiger partial charge in [-0.2, -0.15) is 0 Å². The van der Waals surface area contributed by atoms with Crippen molar-refractivity contribution in [2.75, 3.05) is 0 Å². The first-order valence-electron chi connectivity index (χ1n) is 6.91. The van der Waals surface area contributed by atoms with Gasteiger partial charge in [0.25, 0.3) is 11.2 Å². The van der Waals surface area contributed by atoms with Gasteiger partial charge in [-0.1, -0.05) is 0 Å². The molecule has 0 unspecified atom stereocenters. The first kappa shape index (κ1) is 13.1. The lowest BCUT2D eigenvalue weighted by molar-refractivity contribution is -0.384. The minimum atomic E-state index is -0.423. The summed E-state index contributed by atoms with van der Waals surface area (Å²) in [6, 6.07) is 8.18. The molecule has 0 bridgehead atoms. The summed E-state index contributed by atoms with van der Waals surface area (Å²) in [6.45, 7) is 0.736. The van der Waals surface area contributed by atoms with Crippen LogP contribution in [0.3, 0.4) is 0 Å². The average Bonchev–Trinajstić information content (AvgIpc) is 3.14. The van der Waals surface area contributed by atoms with Crippen molar-refractivity contribution in [2.24, 2.45) is 0 Å². The number of hydrogen-bond acceptors (Lipinski definition) is 5. The summed E-state index contributed by atoms with van der Waals surface area (Å²) in [5.41, 5.74) is 0.933. The molecule has 0 radical (unpaired) electrons. The lowest BCUT2D eigenvalue weighted by Crippen LogP contribution is -2.19. The maximum absolute atomic E-state index is 12.4. The number of nitrogens with zero attached hydrogens (tertiary/aromatic N) is 3. The summed E-state index contributed by atoms with van der Waals surface area (Å²) >= 11 is 1.45. The molecule has 1 aliphatic heterocycles. The molecule has 3 aromatic rings. The van der Waals surface area contributed by atoms with E-state index in [9.17, 15) is 14.9 Å². The van der Waals surface area contributed by atoms with Crippen molar-refractivity contribution >= 4 is 27.2 Å². The normalized spacial score (nSPS) is 13.5. The van der Waals surface area contributed by atoms with Crippen LogP contribution in [0.4, 0.5) is 5.69 Å². The van der Waals surface area contributed by atoms with E-state index in [-0.39, 0.29) is 11.2 Å². The second-order valence-electron chi connectivity index (χ2n) is 5.22. The van der Waals surface area contributed by atoms with Crippen LogP contribution in [0.1, 0.15) is 12.2 Å². The lowest BCUT2D eigenvalue weighted by atomic mass is 10.1. The summed E-state index contributed by atoms with van der Waals surface area (Å²) < 4.78 is 1.74. The SMILES string of the molecule is O=c1c2cc(-c3ccc([N+](=O)[O-])cc3)sc2nc2n1CCC2. The van der Waals surface area contributed by atoms with Crippen LogP contribution in [0.5, 0.6) is 0 Å². The molecule has 0 aliphatic carbocycles. The number of benzene rings is 1. The molecule has 0 spiro atoms. The van der Waals surface area contributed by atoms with E-state index in [1.165, 1.54) is 23.5 Å². The van der Waals surface area contributed by atoms with E-state index in [4.69, 9.17) is 0 Å². The van der Waals surface area contributed by atoms with Crippen molar-refractivity contribution in [3.8, 4) is 10.4 Å². The number of aryl methyl sites for hydroxylation is 1. The second kappa shape index (κ2) is 4.74. The third kappa shape index (κ3) is 1.93. The van der Waals surface area contributed by atoms with Crippen LogP contribution in [0.25, 0.3) is 20.7 Å². The van der Waals surface area contributed by atoms with E-state index in [0.717, 1.165) is 40.5 Å². The Hall–Kier alpha value is -2.54. The molecule has 2 aromatic heterocycles. The van der Waals surface area contributed by atoms with Crippen LogP contribution in [-0.4, -0.2) is 14.5 Å². The zero-order valence-electron chi connectivity index (χ0n) is 11.5. The molecule has 0 saturated heterocycles. The van der Waals surface area contributed by atoms with Gasteiger partial charge in [-0.15, -0.1) is 11.3 Å². The Morgan fingerprint density at radius 3 is 2.77 bits per heavy atom. The number of aromatic nitrogens is 2. The molecule has 0 fully saturated rings. The van der Waals surface area contributed by atoms with E-state index in [2.05, 4.69) is 4.98 Å². The highest BCUT2D eigenvalue weighted by atomic mass is 32.1. The van der Waals surface area contributed by atoms with Crippen molar-refractivity contribution in [3.63, 3.8) is 0 Å². The summed E-state index contributed by atoms with van der Waals surface area (Å²) in [5.74, 6) is 0.856. The van der Waals surface area contributed by atoms with Crippen molar-refractivity contribution in [1.29, 1.82) is 0 Å². The molecule has 7 heteroatoms. The predicted octanol–water partition coefficient (Wildman–Crippen LogP) is 2.98. The van der Waals surface area contributed by atoms with Gasteiger partial charge in [0.1, 0.15) is 10.7 Å². The maximum Gasteiger partial charge on any atom is 0.269 e. The third-order valence-corrected chi connectivity index (χ3v) is 4.95. The Bertz CT molecular complexity index is 957. The largest absolute Gasteiger partial charge is 0.296 e. The van der Waals surface area contributed by atoms with Crippen molar-refractivity contribution < 1.29 is 4.92 Å². The second-order valence-corrected chi connectivity index (χ2v) is 6.25. The number of non-ortho nitro benzene ring substituents is 1. The summed E-state index contributed by atoms with van der Waals surface area (Å²) in [4.78, 5) is 29.0. The minimum Gasteiger partial charge on any atom is -0.296 e. The topological polar surface area (TPSA) is 78.0 Å². The van der Waals surface area contributed by atoms with Gasteiger partial charge in [-0.05, 0) is 30.2 Å². The fourth-order valence-electron chi connectivity index (χ4n) is 2.76. The molecule has 0 atom stereocenters. The molecule has 3 heterocycles. The van der Waals surface area contributed by atoms with E-state index in [0.29, 0.717) is 5.39 Å². The van der Waals surface area contributed by atoms with Crippen LogP contribution < -0.4 is 5.56 Å². The van der Waals surface area contributed by atoms with Gasteiger partial charge >= 0.3 is 0 Å². The molecule has 22 heavy (non-hydrogen) atoms. The molecular weight excluding hydrogens is 302 g/mol. The van der Waals surface area contributed by atoms with Crippen LogP contribution >= 0.6 is 11.3 Å². The van der Waals surface area contributed by atoms with Gasteiger partial charge in [0.2, 0.25) is 0 Å². The zero-order chi connectivity index (χ0) is 15.3. The van der Waals surface area contributed by atoms with Crippen molar-refractivity contribution in [3.05, 3.63) is 56.6 Å². The highest BCUT2D eigenvalue weighted by Crippen LogP contribution is 2.32. The number of nitro groups is 1. The molecule has 110 valence electrons. The van der Waals surface area contributed by atoms with Crippen LogP contribution in [-0.2, 0) is 13.0 Å². The molecule has 6 nitrogen and oxygen atoms in total. The first-order chi connectivity index (χ1) is 10.6. The van der Waals surface area contributed by atoms with E-state index >= 15 is 0 Å². The van der Waals surface area contributed by atoms with Gasteiger partial charge in [-0.25, -0.2) is 4.98 Å². The summed E-state index contributed by atoms with van der Waals surface area (Å²) in [5, 5.41) is 11.3. The molecular formula is C15H11N3O3S. The molecule has 4 rings (SSSR count). The predicted molar refractivity (Wildman–Crippen MR) is 84.3 cm³/mol. The number of nitro benzene ring substituents is 1.